The highest BCUT2D eigenvalue weighted by Crippen LogP contribution is 2.20. The molecule has 1 unspecified atom stereocenters. The predicted octanol–water partition coefficient (Wildman–Crippen LogP) is 3.01. The molecule has 0 saturated heterocycles. The molecular formula is C15H21N3O. The van der Waals surface area contributed by atoms with Gasteiger partial charge in [-0.15, -0.1) is 0 Å². The van der Waals surface area contributed by atoms with Gasteiger partial charge in [-0.25, -0.2) is 0 Å². The lowest BCUT2D eigenvalue weighted by Gasteiger charge is -2.11. The van der Waals surface area contributed by atoms with Crippen molar-refractivity contribution in [3.63, 3.8) is 0 Å². The van der Waals surface area contributed by atoms with Crippen LogP contribution in [-0.4, -0.2) is 26.5 Å². The molecule has 4 nitrogen and oxygen atoms in total. The third kappa shape index (κ3) is 3.01. The van der Waals surface area contributed by atoms with Gasteiger partial charge in [0.2, 0.25) is 0 Å². The molecular weight excluding hydrogens is 238 g/mol. The molecule has 0 aliphatic heterocycles. The van der Waals surface area contributed by atoms with Crippen molar-refractivity contribution < 1.29 is 5.11 Å². The van der Waals surface area contributed by atoms with E-state index in [4.69, 9.17) is 0 Å². The van der Waals surface area contributed by atoms with Gasteiger partial charge in [0.1, 0.15) is 5.69 Å². The number of aliphatic hydroxyl groups is 1. The standard InChI is InChI=1S/C15H21N3O/c1-4-12(10-19)18-9-8-15(17-18)14-7-5-6-13(16-14)11(2)3/h5-9,11-12,19H,4,10H2,1-3H3. The zero-order chi connectivity index (χ0) is 13.8. The Kier molecular flexibility index (Phi) is 4.32. The Labute approximate surface area is 114 Å². The fourth-order valence-electron chi connectivity index (χ4n) is 1.99. The van der Waals surface area contributed by atoms with Gasteiger partial charge in [-0.3, -0.25) is 9.67 Å². The summed E-state index contributed by atoms with van der Waals surface area (Å²) in [6.45, 7) is 6.41. The third-order valence-corrected chi connectivity index (χ3v) is 3.29. The first-order valence-electron chi connectivity index (χ1n) is 6.79. The maximum atomic E-state index is 9.30. The number of pyridine rings is 1. The van der Waals surface area contributed by atoms with Crippen molar-refractivity contribution >= 4 is 0 Å². The van der Waals surface area contributed by atoms with E-state index in [9.17, 15) is 5.11 Å². The van der Waals surface area contributed by atoms with Crippen LogP contribution in [0.4, 0.5) is 0 Å². The molecule has 0 bridgehead atoms. The molecule has 0 radical (unpaired) electrons. The van der Waals surface area contributed by atoms with Crippen molar-refractivity contribution in [1.29, 1.82) is 0 Å². The van der Waals surface area contributed by atoms with Gasteiger partial charge in [0, 0.05) is 11.9 Å². The average molecular weight is 259 g/mol. The highest BCUT2D eigenvalue weighted by Gasteiger charge is 2.11. The number of hydrogen-bond donors (Lipinski definition) is 1. The van der Waals surface area contributed by atoms with E-state index in [-0.39, 0.29) is 12.6 Å². The number of aromatic nitrogens is 3. The fraction of sp³-hybridized carbons (Fsp3) is 0.467. The normalized spacial score (nSPS) is 12.9. The van der Waals surface area contributed by atoms with Crippen molar-refractivity contribution in [1.82, 2.24) is 14.8 Å². The summed E-state index contributed by atoms with van der Waals surface area (Å²) >= 11 is 0. The van der Waals surface area contributed by atoms with Crippen LogP contribution in [0.25, 0.3) is 11.4 Å². The number of rotatable bonds is 5. The summed E-state index contributed by atoms with van der Waals surface area (Å²) in [4.78, 5) is 4.63. The molecule has 0 spiro atoms. The second-order valence-electron chi connectivity index (χ2n) is 5.03. The number of nitrogens with zero attached hydrogens (tertiary/aromatic N) is 3. The van der Waals surface area contributed by atoms with Crippen LogP contribution in [0.1, 0.15) is 44.8 Å². The highest BCUT2D eigenvalue weighted by atomic mass is 16.3. The zero-order valence-electron chi connectivity index (χ0n) is 11.7. The highest BCUT2D eigenvalue weighted by molar-refractivity contribution is 5.53. The summed E-state index contributed by atoms with van der Waals surface area (Å²) in [5, 5.41) is 13.8. The minimum absolute atomic E-state index is 0.0435. The lowest BCUT2D eigenvalue weighted by molar-refractivity contribution is 0.215. The summed E-state index contributed by atoms with van der Waals surface area (Å²) in [7, 11) is 0. The zero-order valence-corrected chi connectivity index (χ0v) is 11.7. The largest absolute Gasteiger partial charge is 0.394 e. The Morgan fingerprint density at radius 1 is 1.21 bits per heavy atom. The molecule has 2 aromatic heterocycles. The molecule has 1 N–H and O–H groups in total. The van der Waals surface area contributed by atoms with E-state index in [2.05, 4.69) is 23.9 Å². The van der Waals surface area contributed by atoms with Crippen molar-refractivity contribution in [3.05, 3.63) is 36.2 Å². The summed E-state index contributed by atoms with van der Waals surface area (Å²) in [6.07, 6.45) is 2.76. The molecule has 2 rings (SSSR count). The summed E-state index contributed by atoms with van der Waals surface area (Å²) in [5.74, 6) is 0.405. The Balaban J connectivity index is 2.30. The van der Waals surface area contributed by atoms with Crippen molar-refractivity contribution in [2.75, 3.05) is 6.61 Å². The van der Waals surface area contributed by atoms with Gasteiger partial charge in [-0.1, -0.05) is 26.8 Å². The Bertz CT molecular complexity index is 530. The molecule has 0 amide bonds. The van der Waals surface area contributed by atoms with Crippen LogP contribution in [0.5, 0.6) is 0 Å². The topological polar surface area (TPSA) is 50.9 Å². The van der Waals surface area contributed by atoms with Gasteiger partial charge in [-0.2, -0.15) is 5.10 Å². The van der Waals surface area contributed by atoms with Crippen LogP contribution < -0.4 is 0 Å². The molecule has 0 aromatic carbocycles. The van der Waals surface area contributed by atoms with E-state index >= 15 is 0 Å². The second kappa shape index (κ2) is 5.97. The molecule has 0 fully saturated rings. The lowest BCUT2D eigenvalue weighted by atomic mass is 10.1. The first kappa shape index (κ1) is 13.7. The van der Waals surface area contributed by atoms with E-state index in [1.807, 2.05) is 42.1 Å². The first-order chi connectivity index (χ1) is 9.15. The maximum absolute atomic E-state index is 9.30. The quantitative estimate of drug-likeness (QED) is 0.898. The smallest absolute Gasteiger partial charge is 0.111 e. The predicted molar refractivity (Wildman–Crippen MR) is 76.0 cm³/mol. The van der Waals surface area contributed by atoms with E-state index in [1.165, 1.54) is 0 Å². The van der Waals surface area contributed by atoms with Crippen LogP contribution >= 0.6 is 0 Å². The molecule has 0 aliphatic carbocycles. The van der Waals surface area contributed by atoms with E-state index in [1.54, 1.807) is 0 Å². The summed E-state index contributed by atoms with van der Waals surface area (Å²) in [5.41, 5.74) is 2.81. The Morgan fingerprint density at radius 2 is 2.00 bits per heavy atom. The second-order valence-corrected chi connectivity index (χ2v) is 5.03. The van der Waals surface area contributed by atoms with Crippen LogP contribution in [0, 0.1) is 0 Å². The molecule has 4 heteroatoms. The minimum Gasteiger partial charge on any atom is -0.394 e. The molecule has 19 heavy (non-hydrogen) atoms. The molecule has 2 heterocycles. The first-order valence-corrected chi connectivity index (χ1v) is 6.79. The SMILES string of the molecule is CCC(CO)n1ccc(-c2cccc(C(C)C)n2)n1. The van der Waals surface area contributed by atoms with E-state index < -0.39 is 0 Å². The average Bonchev–Trinajstić information content (AvgIpc) is 2.90. The van der Waals surface area contributed by atoms with Crippen LogP contribution in [0.15, 0.2) is 30.5 Å². The van der Waals surface area contributed by atoms with E-state index in [0.717, 1.165) is 23.5 Å². The van der Waals surface area contributed by atoms with Crippen LogP contribution in [0.2, 0.25) is 0 Å². The maximum Gasteiger partial charge on any atom is 0.111 e. The van der Waals surface area contributed by atoms with E-state index in [0.29, 0.717) is 5.92 Å². The van der Waals surface area contributed by atoms with Crippen molar-refractivity contribution in [2.24, 2.45) is 0 Å². The number of aliphatic hydroxyl groups excluding tert-OH is 1. The molecule has 1 atom stereocenters. The summed E-state index contributed by atoms with van der Waals surface area (Å²) in [6, 6.07) is 8.01. The Hall–Kier alpha value is -1.68. The lowest BCUT2D eigenvalue weighted by Crippen LogP contribution is -2.12. The molecule has 0 saturated carbocycles. The van der Waals surface area contributed by atoms with Crippen molar-refractivity contribution in [2.45, 2.75) is 39.2 Å². The molecule has 2 aromatic rings. The van der Waals surface area contributed by atoms with Gasteiger partial charge < -0.3 is 5.11 Å². The van der Waals surface area contributed by atoms with Crippen LogP contribution in [-0.2, 0) is 0 Å². The molecule has 0 aliphatic rings. The van der Waals surface area contributed by atoms with Gasteiger partial charge in [-0.05, 0) is 30.5 Å². The number of hydrogen-bond acceptors (Lipinski definition) is 3. The summed E-state index contributed by atoms with van der Waals surface area (Å²) < 4.78 is 1.82. The van der Waals surface area contributed by atoms with Gasteiger partial charge in [0.15, 0.2) is 0 Å². The van der Waals surface area contributed by atoms with Crippen molar-refractivity contribution in [3.8, 4) is 11.4 Å². The van der Waals surface area contributed by atoms with Gasteiger partial charge >= 0.3 is 0 Å². The fourth-order valence-corrected chi connectivity index (χ4v) is 1.99. The van der Waals surface area contributed by atoms with Crippen LogP contribution in [0.3, 0.4) is 0 Å². The minimum atomic E-state index is 0.0435. The monoisotopic (exact) mass is 259 g/mol. The van der Waals surface area contributed by atoms with Gasteiger partial charge in [0.05, 0.1) is 18.3 Å². The third-order valence-electron chi connectivity index (χ3n) is 3.29. The van der Waals surface area contributed by atoms with Gasteiger partial charge in [0.25, 0.3) is 0 Å². The molecule has 102 valence electrons. The Morgan fingerprint density at radius 3 is 2.63 bits per heavy atom.